The molecule has 7 rings (SSSR count). The predicted octanol–water partition coefficient (Wildman–Crippen LogP) is 6.54. The van der Waals surface area contributed by atoms with Crippen LogP contribution >= 0.6 is 0 Å². The molecule has 0 aliphatic rings. The van der Waals surface area contributed by atoms with Crippen molar-refractivity contribution in [2.45, 2.75) is 142 Å². The number of nitrogens with zero attached hydrogens (tertiary/aromatic N) is 7. The van der Waals surface area contributed by atoms with Crippen LogP contribution in [0.15, 0.2) is 43.4 Å². The lowest BCUT2D eigenvalue weighted by Gasteiger charge is -2.08. The lowest BCUT2D eigenvalue weighted by molar-refractivity contribution is 0.111. The molecule has 22 heteroatoms. The zero-order valence-corrected chi connectivity index (χ0v) is 47.9. The second-order valence-corrected chi connectivity index (χ2v) is 17.8. The molecule has 7 aromatic heterocycles. The first kappa shape index (κ1) is 69.8. The topological polar surface area (TPSA) is 399 Å². The number of hydrogen-bond donors (Lipinski definition) is 13. The number of carbonyl (C=O) groups excluding carboxylic acids is 2. The van der Waals surface area contributed by atoms with Gasteiger partial charge in [0, 0.05) is 89.8 Å². The van der Waals surface area contributed by atoms with Crippen molar-refractivity contribution in [1.29, 1.82) is 0 Å². The molecular formula is C58H79N9O13. The first-order valence-electron chi connectivity index (χ1n) is 25.1. The summed E-state index contributed by atoms with van der Waals surface area (Å²) >= 11 is 0. The molecule has 22 nitrogen and oxygen atoms in total. The third-order valence-corrected chi connectivity index (χ3v) is 12.5. The number of aromatic nitrogens is 7. The van der Waals surface area contributed by atoms with Gasteiger partial charge in [-0.1, -0.05) is 13.8 Å². The number of rotatable bonds is 10. The van der Waals surface area contributed by atoms with Gasteiger partial charge in [-0.05, 0) is 122 Å². The third kappa shape index (κ3) is 19.3. The van der Waals surface area contributed by atoms with E-state index in [9.17, 15) is 45.3 Å². The van der Waals surface area contributed by atoms with Crippen molar-refractivity contribution in [3.8, 4) is 40.2 Å². The van der Waals surface area contributed by atoms with Crippen LogP contribution in [0.4, 0.5) is 0 Å². The van der Waals surface area contributed by atoms with E-state index in [1.54, 1.807) is 80.2 Å². The van der Waals surface area contributed by atoms with E-state index in [4.69, 9.17) is 31.9 Å². The van der Waals surface area contributed by atoms with Gasteiger partial charge in [0.25, 0.3) is 0 Å². The molecule has 0 aromatic carbocycles. The number of aldehydes is 2. The van der Waals surface area contributed by atoms with Crippen LogP contribution in [0, 0.1) is 76.2 Å². The Balaban J connectivity index is 0.000000467. The van der Waals surface area contributed by atoms with Crippen LogP contribution in [0.1, 0.15) is 141 Å². The standard InChI is InChI=1S/C9H11NO2.C9H13NO.C8H12N2O2.C8H12N2O.C8H11NO3.C8H11NO2.C8H9NO2/c1-3-7-4-10-6(2)9(12)8(7)5-11;1-4-8-5-10-7(3)9(11)6(8)2;1-5-8(12)7(2-9)6(4-11)3-10-5;1-5-4-10-6(2)8(11)7(5)3-9;1-5-8(12)7(4-11)6(3-10)2-9-5;2*1-5-3-9-6(2)8(11)7(5)4-10/h4-5,12H,3H2,1-2H3;5,11H,4H2,1-3H3;3,11-12H,2,4,9H2,1H3;4,11H,3,9H2,1-2H3;2,10-12H,3-4H2,1H3;3,10-11H,4H2,1-2H3;3-4,11H,1-2H3. The molecule has 0 unspecified atom stereocenters. The summed E-state index contributed by atoms with van der Waals surface area (Å²) in [5.41, 5.74) is 24.0. The van der Waals surface area contributed by atoms with E-state index in [0.29, 0.717) is 116 Å². The smallest absolute Gasteiger partial charge is 0.154 e. The van der Waals surface area contributed by atoms with Crippen molar-refractivity contribution >= 4 is 12.6 Å². The molecule has 15 N–H and O–H groups in total. The zero-order valence-electron chi connectivity index (χ0n) is 47.9. The summed E-state index contributed by atoms with van der Waals surface area (Å²) in [6.07, 6.45) is 14.3. The number of aliphatic hydroxyl groups excluding tert-OH is 4. The fourth-order valence-corrected chi connectivity index (χ4v) is 7.01. The molecular weight excluding hydrogens is 1030 g/mol. The number of aromatic hydroxyl groups is 7. The average molecular weight is 1110 g/mol. The van der Waals surface area contributed by atoms with Crippen LogP contribution in [0.25, 0.3) is 0 Å². The Labute approximate surface area is 466 Å². The fourth-order valence-electron chi connectivity index (χ4n) is 7.01. The van der Waals surface area contributed by atoms with E-state index in [-0.39, 0.29) is 67.5 Å². The van der Waals surface area contributed by atoms with Crippen LogP contribution in [0.3, 0.4) is 0 Å². The maximum absolute atomic E-state index is 10.6. The molecule has 80 heavy (non-hydrogen) atoms. The molecule has 0 saturated heterocycles. The molecule has 0 radical (unpaired) electrons. The van der Waals surface area contributed by atoms with Gasteiger partial charge in [0.15, 0.2) is 12.6 Å². The molecule has 0 amide bonds. The highest BCUT2D eigenvalue weighted by Gasteiger charge is 2.13. The average Bonchev–Trinajstić information content (AvgIpc) is 3.45. The number of hydrogen-bond acceptors (Lipinski definition) is 22. The van der Waals surface area contributed by atoms with Crippen LogP contribution in [0.5, 0.6) is 40.2 Å². The Bertz CT molecular complexity index is 3040. The lowest BCUT2D eigenvalue weighted by atomic mass is 10.1. The molecule has 434 valence electrons. The third-order valence-electron chi connectivity index (χ3n) is 12.5. The predicted molar refractivity (Wildman–Crippen MR) is 302 cm³/mol. The van der Waals surface area contributed by atoms with E-state index in [0.717, 1.165) is 39.8 Å². The minimum absolute atomic E-state index is 0.00403. The number of aliphatic hydroxyl groups is 4. The van der Waals surface area contributed by atoms with Crippen molar-refractivity contribution < 1.29 is 65.8 Å². The number of nitrogens with two attached hydrogens (primary N) is 2. The monoisotopic (exact) mass is 1110 g/mol. The minimum Gasteiger partial charge on any atom is -0.506 e. The van der Waals surface area contributed by atoms with Crippen molar-refractivity contribution in [1.82, 2.24) is 34.9 Å². The molecule has 7 heterocycles. The van der Waals surface area contributed by atoms with Crippen molar-refractivity contribution in [3.63, 3.8) is 0 Å². The van der Waals surface area contributed by atoms with Crippen molar-refractivity contribution in [3.05, 3.63) is 161 Å². The summed E-state index contributed by atoms with van der Waals surface area (Å²) in [6.45, 7) is 23.0. The van der Waals surface area contributed by atoms with Gasteiger partial charge in [0.05, 0.1) is 77.4 Å². The molecule has 0 bridgehead atoms. The lowest BCUT2D eigenvalue weighted by Crippen LogP contribution is -2.04. The van der Waals surface area contributed by atoms with Crippen molar-refractivity contribution in [2.24, 2.45) is 11.5 Å². The number of pyridine rings is 7. The highest BCUT2D eigenvalue weighted by molar-refractivity contribution is 5.82. The molecule has 0 saturated carbocycles. The van der Waals surface area contributed by atoms with Gasteiger partial charge in [-0.3, -0.25) is 44.5 Å². The van der Waals surface area contributed by atoms with E-state index in [1.807, 2.05) is 33.9 Å². The van der Waals surface area contributed by atoms with Gasteiger partial charge in [0.2, 0.25) is 0 Å². The van der Waals surface area contributed by atoms with Gasteiger partial charge in [-0.2, -0.15) is 0 Å². The van der Waals surface area contributed by atoms with Gasteiger partial charge < -0.3 is 67.6 Å². The molecule has 7 aromatic rings. The highest BCUT2D eigenvalue weighted by Crippen LogP contribution is 2.27. The molecule has 0 spiro atoms. The van der Waals surface area contributed by atoms with E-state index < -0.39 is 0 Å². The highest BCUT2D eigenvalue weighted by atomic mass is 16.3. The summed E-state index contributed by atoms with van der Waals surface area (Å²) in [5.74, 6) is 0.710. The first-order valence-corrected chi connectivity index (χ1v) is 25.1. The summed E-state index contributed by atoms with van der Waals surface area (Å²) in [5, 5.41) is 101. The Kier molecular flexibility index (Phi) is 30.2. The van der Waals surface area contributed by atoms with Gasteiger partial charge >= 0.3 is 0 Å². The second kappa shape index (κ2) is 34.6. The Morgan fingerprint density at radius 2 is 0.650 bits per heavy atom. The van der Waals surface area contributed by atoms with E-state index >= 15 is 0 Å². The quantitative estimate of drug-likeness (QED) is 0.0646. The van der Waals surface area contributed by atoms with Crippen LogP contribution in [0.2, 0.25) is 0 Å². The molecule has 0 aliphatic heterocycles. The maximum Gasteiger partial charge on any atom is 0.154 e. The Morgan fingerprint density at radius 3 is 1.00 bits per heavy atom. The second-order valence-electron chi connectivity index (χ2n) is 17.8. The molecule has 0 atom stereocenters. The summed E-state index contributed by atoms with van der Waals surface area (Å²) in [7, 11) is 0. The van der Waals surface area contributed by atoms with E-state index in [1.165, 1.54) is 12.4 Å². The first-order chi connectivity index (χ1) is 37.8. The summed E-state index contributed by atoms with van der Waals surface area (Å²) in [4.78, 5) is 48.5. The Hall–Kier alpha value is -8.25. The van der Waals surface area contributed by atoms with Gasteiger partial charge in [-0.25, -0.2) is 0 Å². The van der Waals surface area contributed by atoms with Gasteiger partial charge in [0.1, 0.15) is 40.2 Å². The minimum atomic E-state index is -0.287. The normalized spacial score (nSPS) is 10.0. The van der Waals surface area contributed by atoms with Gasteiger partial charge in [-0.15, -0.1) is 0 Å². The SMILES string of the molecule is CCc1cnc(C)c(O)c1C.CCc1cnc(C)c(O)c1C=O.Cc1cnc(C)c(O)c1C=O.Cc1cnc(C)c(O)c1CN.Cc1cnc(C)c(O)c1CO.Cc1ncc(CO)c(CN)c1O.Cc1ncc(CO)c(CO)c1O. The molecule has 0 aliphatic carbocycles. The fraction of sp³-hybridized carbons (Fsp3) is 0.362. The summed E-state index contributed by atoms with van der Waals surface area (Å²) in [6, 6.07) is 0. The summed E-state index contributed by atoms with van der Waals surface area (Å²) < 4.78 is 0. The number of aryl methyl sites for hydroxylation is 12. The largest absolute Gasteiger partial charge is 0.506 e. The molecule has 0 fully saturated rings. The van der Waals surface area contributed by atoms with Crippen LogP contribution in [-0.2, 0) is 52.4 Å². The number of carbonyl (C=O) groups is 2. The maximum atomic E-state index is 10.6. The van der Waals surface area contributed by atoms with E-state index in [2.05, 4.69) is 41.8 Å². The van der Waals surface area contributed by atoms with Crippen LogP contribution < -0.4 is 11.5 Å². The van der Waals surface area contributed by atoms with Crippen LogP contribution in [-0.4, -0.2) is 104 Å². The Morgan fingerprint density at radius 1 is 0.350 bits per heavy atom. The van der Waals surface area contributed by atoms with Crippen molar-refractivity contribution in [2.75, 3.05) is 0 Å². The zero-order chi connectivity index (χ0) is 61.1.